The van der Waals surface area contributed by atoms with Crippen molar-refractivity contribution in [2.45, 2.75) is 46.6 Å². The lowest BCUT2D eigenvalue weighted by atomic mass is 9.84. The molecule has 0 rings (SSSR count). The fraction of sp³-hybridized carbons (Fsp3) is 0.769. The number of carbonyl (C=O) groups excluding carboxylic acids is 2. The number of nitrogens with two attached hydrogens (primary N) is 1. The van der Waals surface area contributed by atoms with Gasteiger partial charge in [0.1, 0.15) is 6.04 Å². The summed E-state index contributed by atoms with van der Waals surface area (Å²) in [7, 11) is 0. The van der Waals surface area contributed by atoms with Crippen LogP contribution < -0.4 is 11.1 Å². The highest BCUT2D eigenvalue weighted by molar-refractivity contribution is 5.85. The summed E-state index contributed by atoms with van der Waals surface area (Å²) in [6.45, 7) is 7.68. The van der Waals surface area contributed by atoms with Gasteiger partial charge in [0.05, 0.1) is 0 Å². The smallest absolute Gasteiger partial charge is 0.326 e. The number of rotatable bonds is 8. The highest BCUT2D eigenvalue weighted by atomic mass is 16.4. The Hall–Kier alpha value is -1.59. The number of primary amides is 1. The Morgan fingerprint density at radius 1 is 1.11 bits per heavy atom. The number of carboxylic acids is 1. The molecule has 1 atom stereocenters. The molecule has 0 spiro atoms. The molecule has 0 saturated heterocycles. The van der Waals surface area contributed by atoms with Gasteiger partial charge in [0, 0.05) is 12.3 Å². The predicted molar refractivity (Wildman–Crippen MR) is 71.2 cm³/mol. The lowest BCUT2D eigenvalue weighted by molar-refractivity contribution is -0.143. The maximum Gasteiger partial charge on any atom is 0.326 e. The summed E-state index contributed by atoms with van der Waals surface area (Å²) in [5.41, 5.74) is 4.98. The van der Waals surface area contributed by atoms with Gasteiger partial charge in [-0.25, -0.2) is 4.79 Å². The number of carbonyl (C=O) groups is 3. The number of hydrogen-bond acceptors (Lipinski definition) is 3. The van der Waals surface area contributed by atoms with Crippen LogP contribution in [0.5, 0.6) is 0 Å². The van der Waals surface area contributed by atoms with E-state index < -0.39 is 17.9 Å². The monoisotopic (exact) mass is 272 g/mol. The van der Waals surface area contributed by atoms with Crippen LogP contribution in [0, 0.1) is 17.8 Å². The van der Waals surface area contributed by atoms with Crippen molar-refractivity contribution >= 4 is 17.8 Å². The zero-order valence-electron chi connectivity index (χ0n) is 12.0. The molecule has 0 aliphatic heterocycles. The second kappa shape index (κ2) is 7.76. The van der Waals surface area contributed by atoms with Crippen LogP contribution >= 0.6 is 0 Å². The fourth-order valence-corrected chi connectivity index (χ4v) is 2.19. The van der Waals surface area contributed by atoms with E-state index in [2.05, 4.69) is 5.32 Å². The van der Waals surface area contributed by atoms with Crippen molar-refractivity contribution in [2.75, 3.05) is 0 Å². The minimum atomic E-state index is -1.15. The van der Waals surface area contributed by atoms with Crippen LogP contribution in [0.15, 0.2) is 0 Å². The van der Waals surface area contributed by atoms with Gasteiger partial charge in [-0.2, -0.15) is 0 Å². The summed E-state index contributed by atoms with van der Waals surface area (Å²) >= 11 is 0. The van der Waals surface area contributed by atoms with Crippen LogP contribution in [0.4, 0.5) is 0 Å². The summed E-state index contributed by atoms with van der Waals surface area (Å²) in [5, 5.41) is 11.5. The van der Waals surface area contributed by atoms with Gasteiger partial charge in [-0.1, -0.05) is 27.7 Å². The second-order valence-electron chi connectivity index (χ2n) is 5.42. The van der Waals surface area contributed by atoms with Crippen molar-refractivity contribution in [3.63, 3.8) is 0 Å². The molecule has 0 fully saturated rings. The van der Waals surface area contributed by atoms with Crippen molar-refractivity contribution in [3.8, 4) is 0 Å². The normalized spacial score (nSPS) is 12.8. The molecule has 4 N–H and O–H groups in total. The molecule has 0 aromatic rings. The van der Waals surface area contributed by atoms with Gasteiger partial charge in [0.2, 0.25) is 11.8 Å². The van der Waals surface area contributed by atoms with Crippen LogP contribution in [-0.4, -0.2) is 28.9 Å². The first kappa shape index (κ1) is 17.4. The van der Waals surface area contributed by atoms with E-state index in [4.69, 9.17) is 10.8 Å². The fourth-order valence-electron chi connectivity index (χ4n) is 2.19. The molecule has 0 saturated carbocycles. The zero-order chi connectivity index (χ0) is 15.2. The molecular weight excluding hydrogens is 248 g/mol. The Morgan fingerprint density at radius 3 is 1.89 bits per heavy atom. The summed E-state index contributed by atoms with van der Waals surface area (Å²) in [6.07, 6.45) is -0.0510. The molecule has 6 nitrogen and oxygen atoms in total. The van der Waals surface area contributed by atoms with E-state index in [1.165, 1.54) is 0 Å². The number of carboxylic acid groups (broad SMARTS) is 1. The number of aliphatic carboxylic acids is 1. The largest absolute Gasteiger partial charge is 0.480 e. The standard InChI is InChI=1S/C13H24N2O4/c1-7(2)11(8(3)4)12(17)15-9(13(18)19)5-6-10(14)16/h7-9,11H,5-6H2,1-4H3,(H2,14,16)(H,15,17)(H,18,19). The molecule has 110 valence electrons. The number of amides is 2. The number of nitrogens with one attached hydrogen (secondary N) is 1. The molecule has 0 aromatic carbocycles. The third-order valence-electron chi connectivity index (χ3n) is 3.03. The summed E-state index contributed by atoms with van der Waals surface area (Å²) in [6, 6.07) is -1.07. The van der Waals surface area contributed by atoms with Crippen molar-refractivity contribution in [1.82, 2.24) is 5.32 Å². The Bertz CT molecular complexity index is 332. The topological polar surface area (TPSA) is 109 Å². The van der Waals surface area contributed by atoms with E-state index in [-0.39, 0.29) is 36.5 Å². The minimum Gasteiger partial charge on any atom is -0.480 e. The lowest BCUT2D eigenvalue weighted by Gasteiger charge is -2.25. The van der Waals surface area contributed by atoms with Crippen LogP contribution in [0.3, 0.4) is 0 Å². The Labute approximate surface area is 113 Å². The molecule has 1 unspecified atom stereocenters. The maximum atomic E-state index is 12.1. The van der Waals surface area contributed by atoms with Gasteiger partial charge in [-0.05, 0) is 18.3 Å². The molecule has 6 heteroatoms. The average molecular weight is 272 g/mol. The average Bonchev–Trinajstić information content (AvgIpc) is 2.22. The van der Waals surface area contributed by atoms with Gasteiger partial charge < -0.3 is 16.2 Å². The summed E-state index contributed by atoms with van der Waals surface area (Å²) in [4.78, 5) is 33.8. The SMILES string of the molecule is CC(C)C(C(=O)NC(CCC(N)=O)C(=O)O)C(C)C. The maximum absolute atomic E-state index is 12.1. The van der Waals surface area contributed by atoms with E-state index in [1.807, 2.05) is 27.7 Å². The molecular formula is C13H24N2O4. The van der Waals surface area contributed by atoms with Gasteiger partial charge in [0.25, 0.3) is 0 Å². The minimum absolute atomic E-state index is 0.0132. The summed E-state index contributed by atoms with van der Waals surface area (Å²) < 4.78 is 0. The second-order valence-corrected chi connectivity index (χ2v) is 5.42. The van der Waals surface area contributed by atoms with Crippen LogP contribution in [-0.2, 0) is 14.4 Å². The first-order chi connectivity index (χ1) is 8.66. The van der Waals surface area contributed by atoms with Gasteiger partial charge in [-0.3, -0.25) is 9.59 Å². The predicted octanol–water partition coefficient (Wildman–Crippen LogP) is 0.750. The van der Waals surface area contributed by atoms with Crippen molar-refractivity contribution in [2.24, 2.45) is 23.5 Å². The molecule has 0 radical (unpaired) electrons. The third kappa shape index (κ3) is 6.22. The molecule has 19 heavy (non-hydrogen) atoms. The first-order valence-corrected chi connectivity index (χ1v) is 6.48. The van der Waals surface area contributed by atoms with Crippen LogP contribution in [0.2, 0.25) is 0 Å². The van der Waals surface area contributed by atoms with Gasteiger partial charge in [-0.15, -0.1) is 0 Å². The van der Waals surface area contributed by atoms with E-state index in [9.17, 15) is 14.4 Å². The molecule has 0 aliphatic rings. The van der Waals surface area contributed by atoms with Crippen molar-refractivity contribution < 1.29 is 19.5 Å². The molecule has 0 heterocycles. The molecule has 0 aliphatic carbocycles. The van der Waals surface area contributed by atoms with E-state index in [0.717, 1.165) is 0 Å². The van der Waals surface area contributed by atoms with Gasteiger partial charge >= 0.3 is 5.97 Å². The lowest BCUT2D eigenvalue weighted by Crippen LogP contribution is -2.46. The Balaban J connectivity index is 4.69. The molecule has 0 bridgehead atoms. The van der Waals surface area contributed by atoms with Crippen molar-refractivity contribution in [1.29, 1.82) is 0 Å². The Morgan fingerprint density at radius 2 is 1.58 bits per heavy atom. The third-order valence-corrected chi connectivity index (χ3v) is 3.03. The first-order valence-electron chi connectivity index (χ1n) is 6.48. The zero-order valence-corrected chi connectivity index (χ0v) is 12.0. The van der Waals surface area contributed by atoms with E-state index in [0.29, 0.717) is 0 Å². The Kier molecular flexibility index (Phi) is 7.11. The van der Waals surface area contributed by atoms with E-state index in [1.54, 1.807) is 0 Å². The molecule has 0 aromatic heterocycles. The molecule has 2 amide bonds. The van der Waals surface area contributed by atoms with Crippen LogP contribution in [0.1, 0.15) is 40.5 Å². The highest BCUT2D eigenvalue weighted by Gasteiger charge is 2.29. The number of hydrogen-bond donors (Lipinski definition) is 3. The van der Waals surface area contributed by atoms with Gasteiger partial charge in [0.15, 0.2) is 0 Å². The van der Waals surface area contributed by atoms with E-state index >= 15 is 0 Å². The summed E-state index contributed by atoms with van der Waals surface area (Å²) in [5.74, 6) is -2.04. The van der Waals surface area contributed by atoms with Crippen LogP contribution in [0.25, 0.3) is 0 Å². The van der Waals surface area contributed by atoms with Crippen molar-refractivity contribution in [3.05, 3.63) is 0 Å². The highest BCUT2D eigenvalue weighted by Crippen LogP contribution is 2.21. The quantitative estimate of drug-likeness (QED) is 0.605.